The van der Waals surface area contributed by atoms with Crippen molar-refractivity contribution in [3.8, 4) is 5.75 Å². The summed E-state index contributed by atoms with van der Waals surface area (Å²) in [6, 6.07) is 2.80. The maximum atomic E-state index is 13.2. The Bertz CT molecular complexity index is 376. The number of rotatable bonds is 6. The van der Waals surface area contributed by atoms with Gasteiger partial charge in [-0.2, -0.15) is 0 Å². The molecule has 5 heteroatoms. The van der Waals surface area contributed by atoms with E-state index < -0.39 is 5.82 Å². The van der Waals surface area contributed by atoms with E-state index in [2.05, 4.69) is 35.1 Å². The van der Waals surface area contributed by atoms with E-state index in [0.29, 0.717) is 22.7 Å². The van der Waals surface area contributed by atoms with Gasteiger partial charge in [0.05, 0.1) is 16.1 Å². The molecule has 1 atom stereocenters. The molecule has 96 valence electrons. The summed E-state index contributed by atoms with van der Waals surface area (Å²) in [5, 5.41) is 3.32. The molecule has 0 saturated carbocycles. The molecule has 0 radical (unpaired) electrons. The third kappa shape index (κ3) is 4.82. The van der Waals surface area contributed by atoms with E-state index in [0.717, 1.165) is 13.1 Å². The van der Waals surface area contributed by atoms with Crippen molar-refractivity contribution >= 4 is 27.5 Å². The van der Waals surface area contributed by atoms with Crippen molar-refractivity contribution < 1.29 is 9.13 Å². The molecule has 0 aliphatic rings. The van der Waals surface area contributed by atoms with E-state index in [4.69, 9.17) is 16.3 Å². The molecule has 0 saturated heterocycles. The van der Waals surface area contributed by atoms with Crippen LogP contribution in [0.3, 0.4) is 0 Å². The Morgan fingerprint density at radius 2 is 2.24 bits per heavy atom. The maximum Gasteiger partial charge on any atom is 0.145 e. The predicted molar refractivity (Wildman–Crippen MR) is 72.3 cm³/mol. The van der Waals surface area contributed by atoms with Gasteiger partial charge in [-0.25, -0.2) is 4.39 Å². The van der Waals surface area contributed by atoms with Crippen LogP contribution in [0.2, 0.25) is 5.02 Å². The molecule has 0 fully saturated rings. The number of hydrogen-bond donors (Lipinski definition) is 1. The monoisotopic (exact) mass is 323 g/mol. The SMILES string of the molecule is CCNCC(C)COc1cc(F)c(Cl)cc1Br. The topological polar surface area (TPSA) is 21.3 Å². The average molecular weight is 325 g/mol. The van der Waals surface area contributed by atoms with Gasteiger partial charge >= 0.3 is 0 Å². The quantitative estimate of drug-likeness (QED) is 0.802. The Morgan fingerprint density at radius 1 is 1.53 bits per heavy atom. The molecule has 1 rings (SSSR count). The van der Waals surface area contributed by atoms with E-state index in [1.807, 2.05) is 0 Å². The Balaban J connectivity index is 2.54. The van der Waals surface area contributed by atoms with Crippen molar-refractivity contribution in [2.75, 3.05) is 19.7 Å². The summed E-state index contributed by atoms with van der Waals surface area (Å²) >= 11 is 8.94. The molecule has 0 aliphatic carbocycles. The molecular weight excluding hydrogens is 308 g/mol. The summed E-state index contributed by atoms with van der Waals surface area (Å²) < 4.78 is 19.5. The van der Waals surface area contributed by atoms with Gasteiger partial charge in [-0.3, -0.25) is 0 Å². The molecule has 0 bridgehead atoms. The number of nitrogens with one attached hydrogen (secondary N) is 1. The second-order valence-electron chi connectivity index (χ2n) is 3.92. The summed E-state index contributed by atoms with van der Waals surface area (Å²) in [6.07, 6.45) is 0. The van der Waals surface area contributed by atoms with Crippen LogP contribution in [0.4, 0.5) is 4.39 Å². The van der Waals surface area contributed by atoms with Crippen molar-refractivity contribution in [1.82, 2.24) is 5.32 Å². The second kappa shape index (κ2) is 7.19. The van der Waals surface area contributed by atoms with Gasteiger partial charge in [0, 0.05) is 18.5 Å². The van der Waals surface area contributed by atoms with Gasteiger partial charge in [0.1, 0.15) is 11.6 Å². The van der Waals surface area contributed by atoms with Gasteiger partial charge in [0.15, 0.2) is 0 Å². The molecule has 0 aromatic heterocycles. The van der Waals surface area contributed by atoms with Crippen molar-refractivity contribution in [3.05, 3.63) is 27.4 Å². The molecule has 0 spiro atoms. The first-order valence-electron chi connectivity index (χ1n) is 5.52. The van der Waals surface area contributed by atoms with Gasteiger partial charge in [0.25, 0.3) is 0 Å². The van der Waals surface area contributed by atoms with E-state index in [1.54, 1.807) is 0 Å². The molecule has 1 N–H and O–H groups in total. The molecule has 1 aromatic carbocycles. The van der Waals surface area contributed by atoms with E-state index >= 15 is 0 Å². The summed E-state index contributed by atoms with van der Waals surface area (Å²) in [4.78, 5) is 0. The summed E-state index contributed by atoms with van der Waals surface area (Å²) in [5.74, 6) is 0.375. The lowest BCUT2D eigenvalue weighted by molar-refractivity contribution is 0.254. The third-order valence-electron chi connectivity index (χ3n) is 2.24. The minimum Gasteiger partial charge on any atom is -0.492 e. The highest BCUT2D eigenvalue weighted by atomic mass is 79.9. The van der Waals surface area contributed by atoms with Crippen molar-refractivity contribution in [2.45, 2.75) is 13.8 Å². The summed E-state index contributed by atoms with van der Waals surface area (Å²) in [5.41, 5.74) is 0. The van der Waals surface area contributed by atoms with Crippen LogP contribution >= 0.6 is 27.5 Å². The number of halogens is 3. The van der Waals surface area contributed by atoms with Gasteiger partial charge in [-0.15, -0.1) is 0 Å². The van der Waals surface area contributed by atoms with Gasteiger partial charge < -0.3 is 10.1 Å². The van der Waals surface area contributed by atoms with E-state index in [-0.39, 0.29) is 5.02 Å². The molecule has 1 aromatic rings. The van der Waals surface area contributed by atoms with Crippen LogP contribution in [0.5, 0.6) is 5.75 Å². The van der Waals surface area contributed by atoms with Crippen LogP contribution in [0.1, 0.15) is 13.8 Å². The smallest absolute Gasteiger partial charge is 0.145 e. The Labute approximate surface area is 115 Å². The normalized spacial score (nSPS) is 12.5. The molecule has 0 aliphatic heterocycles. The zero-order chi connectivity index (χ0) is 12.8. The van der Waals surface area contributed by atoms with Crippen LogP contribution in [-0.4, -0.2) is 19.7 Å². The summed E-state index contributed by atoms with van der Waals surface area (Å²) in [7, 11) is 0. The van der Waals surface area contributed by atoms with Crippen LogP contribution in [-0.2, 0) is 0 Å². The van der Waals surface area contributed by atoms with Gasteiger partial charge in [-0.05, 0) is 28.5 Å². The molecule has 0 amide bonds. The van der Waals surface area contributed by atoms with Crippen molar-refractivity contribution in [1.29, 1.82) is 0 Å². The number of hydrogen-bond acceptors (Lipinski definition) is 2. The molecule has 2 nitrogen and oxygen atoms in total. The van der Waals surface area contributed by atoms with E-state index in [1.165, 1.54) is 12.1 Å². The lowest BCUT2D eigenvalue weighted by Crippen LogP contribution is -2.24. The highest BCUT2D eigenvalue weighted by Crippen LogP contribution is 2.30. The molecule has 0 heterocycles. The fourth-order valence-corrected chi connectivity index (χ4v) is 2.05. The van der Waals surface area contributed by atoms with Crippen LogP contribution in [0.25, 0.3) is 0 Å². The standard InChI is InChI=1S/C12H16BrClFNO/c1-3-16-6-8(2)7-17-12-5-11(15)10(14)4-9(12)13/h4-5,8,16H,3,6-7H2,1-2H3. The lowest BCUT2D eigenvalue weighted by Gasteiger charge is -2.14. The largest absolute Gasteiger partial charge is 0.492 e. The van der Waals surface area contributed by atoms with Crippen LogP contribution in [0.15, 0.2) is 16.6 Å². The Morgan fingerprint density at radius 3 is 2.88 bits per heavy atom. The fourth-order valence-electron chi connectivity index (χ4n) is 1.30. The zero-order valence-electron chi connectivity index (χ0n) is 9.90. The zero-order valence-corrected chi connectivity index (χ0v) is 12.2. The van der Waals surface area contributed by atoms with Gasteiger partial charge in [-0.1, -0.05) is 25.4 Å². The number of benzene rings is 1. The lowest BCUT2D eigenvalue weighted by atomic mass is 10.2. The Kier molecular flexibility index (Phi) is 6.23. The van der Waals surface area contributed by atoms with Crippen LogP contribution < -0.4 is 10.1 Å². The number of ether oxygens (including phenoxy) is 1. The fraction of sp³-hybridized carbons (Fsp3) is 0.500. The molecule has 1 unspecified atom stereocenters. The maximum absolute atomic E-state index is 13.2. The highest BCUT2D eigenvalue weighted by molar-refractivity contribution is 9.10. The molecular formula is C12H16BrClFNO. The first kappa shape index (κ1) is 14.7. The molecule has 17 heavy (non-hydrogen) atoms. The van der Waals surface area contributed by atoms with Gasteiger partial charge in [0.2, 0.25) is 0 Å². The third-order valence-corrected chi connectivity index (χ3v) is 3.15. The minimum atomic E-state index is -0.468. The second-order valence-corrected chi connectivity index (χ2v) is 5.18. The van der Waals surface area contributed by atoms with Crippen molar-refractivity contribution in [3.63, 3.8) is 0 Å². The first-order chi connectivity index (χ1) is 8.04. The first-order valence-corrected chi connectivity index (χ1v) is 6.69. The minimum absolute atomic E-state index is 0.0879. The van der Waals surface area contributed by atoms with E-state index in [9.17, 15) is 4.39 Å². The average Bonchev–Trinajstić information content (AvgIpc) is 2.29. The van der Waals surface area contributed by atoms with Crippen LogP contribution in [0, 0.1) is 11.7 Å². The predicted octanol–water partition coefficient (Wildman–Crippen LogP) is 3.87. The highest BCUT2D eigenvalue weighted by Gasteiger charge is 2.09. The Hall–Kier alpha value is -0.320. The van der Waals surface area contributed by atoms with Crippen molar-refractivity contribution in [2.24, 2.45) is 5.92 Å². The summed E-state index contributed by atoms with van der Waals surface area (Å²) in [6.45, 7) is 6.47.